The van der Waals surface area contributed by atoms with Crippen LogP contribution in [-0.4, -0.2) is 12.4 Å². The Morgan fingerprint density at radius 3 is 2.67 bits per heavy atom. The quantitative estimate of drug-likeness (QED) is 0.780. The Kier molecular flexibility index (Phi) is 3.19. The van der Waals surface area contributed by atoms with Crippen LogP contribution in [0.25, 0.3) is 11.0 Å². The number of carbonyl (C=O) groups is 1. The van der Waals surface area contributed by atoms with E-state index in [1.807, 2.05) is 19.9 Å². The number of rotatable bonds is 3. The first-order chi connectivity index (χ1) is 8.47. The number of carbonyl (C=O) groups excluding carboxylic acids is 1. The molecule has 0 spiro atoms. The van der Waals surface area contributed by atoms with Crippen LogP contribution in [0.4, 0.5) is 0 Å². The number of hydrogen-bond acceptors (Lipinski definition) is 4. The van der Waals surface area contributed by atoms with Gasteiger partial charge in [-0.15, -0.1) is 0 Å². The number of benzene rings is 1. The normalized spacial score (nSPS) is 10.6. The summed E-state index contributed by atoms with van der Waals surface area (Å²) in [6, 6.07) is 5.03. The predicted octanol–water partition coefficient (Wildman–Crippen LogP) is 2.38. The summed E-state index contributed by atoms with van der Waals surface area (Å²) in [4.78, 5) is 22.3. The van der Waals surface area contributed by atoms with Crippen LogP contribution in [0.5, 0.6) is 5.75 Å². The molecule has 1 aromatic carbocycles. The van der Waals surface area contributed by atoms with E-state index in [0.717, 1.165) is 16.5 Å². The van der Waals surface area contributed by atoms with Gasteiger partial charge >= 0.3 is 5.63 Å². The standard InChI is InChI=1S/C14H14O4/c1-8-4-11(17-7-10(3)15)14-9(2)6-13(16)18-12(14)5-8/h4-6H,7H2,1-3H3. The summed E-state index contributed by atoms with van der Waals surface area (Å²) < 4.78 is 10.6. The first-order valence-corrected chi connectivity index (χ1v) is 5.64. The van der Waals surface area contributed by atoms with E-state index >= 15 is 0 Å². The summed E-state index contributed by atoms with van der Waals surface area (Å²) in [7, 11) is 0. The molecular weight excluding hydrogens is 232 g/mol. The van der Waals surface area contributed by atoms with Gasteiger partial charge in [0.1, 0.15) is 17.9 Å². The molecule has 18 heavy (non-hydrogen) atoms. The SMILES string of the molecule is CC(=O)COc1cc(C)cc2oc(=O)cc(C)c12. The van der Waals surface area contributed by atoms with E-state index in [4.69, 9.17) is 9.15 Å². The first kappa shape index (κ1) is 12.4. The van der Waals surface area contributed by atoms with Crippen LogP contribution in [0.1, 0.15) is 18.1 Å². The lowest BCUT2D eigenvalue weighted by Gasteiger charge is -2.10. The van der Waals surface area contributed by atoms with Gasteiger partial charge in [0.2, 0.25) is 0 Å². The Hall–Kier alpha value is -2.10. The largest absolute Gasteiger partial charge is 0.485 e. The second-order valence-electron chi connectivity index (χ2n) is 4.38. The summed E-state index contributed by atoms with van der Waals surface area (Å²) in [6.45, 7) is 5.17. The lowest BCUT2D eigenvalue weighted by atomic mass is 10.1. The molecule has 0 aliphatic carbocycles. The fraction of sp³-hybridized carbons (Fsp3) is 0.286. The number of Topliss-reactive ketones (excluding diaryl/α,β-unsaturated/α-hetero) is 1. The van der Waals surface area contributed by atoms with Crippen molar-refractivity contribution in [2.24, 2.45) is 0 Å². The average molecular weight is 246 g/mol. The van der Waals surface area contributed by atoms with Crippen molar-refractivity contribution in [2.75, 3.05) is 6.61 Å². The summed E-state index contributed by atoms with van der Waals surface area (Å²) in [5.74, 6) is 0.515. The van der Waals surface area contributed by atoms with Gasteiger partial charge in [0, 0.05) is 6.07 Å². The van der Waals surface area contributed by atoms with Gasteiger partial charge in [0.05, 0.1) is 5.39 Å². The van der Waals surface area contributed by atoms with Gasteiger partial charge in [-0.3, -0.25) is 4.79 Å². The van der Waals surface area contributed by atoms with Crippen LogP contribution in [-0.2, 0) is 4.79 Å². The third-order valence-corrected chi connectivity index (χ3v) is 2.58. The molecule has 94 valence electrons. The topological polar surface area (TPSA) is 56.5 Å². The van der Waals surface area contributed by atoms with Gasteiger partial charge in [0.15, 0.2) is 5.78 Å². The maximum Gasteiger partial charge on any atom is 0.336 e. The number of hydrogen-bond donors (Lipinski definition) is 0. The average Bonchev–Trinajstić information content (AvgIpc) is 2.24. The smallest absolute Gasteiger partial charge is 0.336 e. The Morgan fingerprint density at radius 2 is 2.00 bits per heavy atom. The summed E-state index contributed by atoms with van der Waals surface area (Å²) in [5, 5.41) is 0.737. The van der Waals surface area contributed by atoms with Crippen LogP contribution in [0, 0.1) is 13.8 Å². The Bertz CT molecular complexity index is 667. The highest BCUT2D eigenvalue weighted by Gasteiger charge is 2.10. The molecular formula is C14H14O4. The third kappa shape index (κ3) is 2.42. The van der Waals surface area contributed by atoms with E-state index in [0.29, 0.717) is 11.3 Å². The second kappa shape index (κ2) is 4.64. The van der Waals surface area contributed by atoms with Crippen LogP contribution in [0.3, 0.4) is 0 Å². The molecule has 4 heteroatoms. The number of ketones is 1. The molecule has 0 amide bonds. The molecule has 0 aliphatic heterocycles. The highest BCUT2D eigenvalue weighted by molar-refractivity contribution is 5.88. The molecule has 0 atom stereocenters. The molecule has 0 bridgehead atoms. The van der Waals surface area contributed by atoms with Gasteiger partial charge in [-0.25, -0.2) is 4.79 Å². The minimum Gasteiger partial charge on any atom is -0.485 e. The molecule has 0 N–H and O–H groups in total. The van der Waals surface area contributed by atoms with E-state index in [1.54, 1.807) is 6.07 Å². The minimum atomic E-state index is -0.386. The number of fused-ring (bicyclic) bond motifs is 1. The van der Waals surface area contributed by atoms with E-state index < -0.39 is 0 Å². The highest BCUT2D eigenvalue weighted by Crippen LogP contribution is 2.29. The first-order valence-electron chi connectivity index (χ1n) is 5.64. The van der Waals surface area contributed by atoms with E-state index in [1.165, 1.54) is 13.0 Å². The van der Waals surface area contributed by atoms with Crippen LogP contribution >= 0.6 is 0 Å². The number of ether oxygens (including phenoxy) is 1. The molecule has 0 saturated carbocycles. The van der Waals surface area contributed by atoms with Gasteiger partial charge in [-0.05, 0) is 44.0 Å². The molecule has 0 radical (unpaired) electrons. The van der Waals surface area contributed by atoms with Crippen molar-refractivity contribution in [2.45, 2.75) is 20.8 Å². The minimum absolute atomic E-state index is 0.0110. The highest BCUT2D eigenvalue weighted by atomic mass is 16.5. The lowest BCUT2D eigenvalue weighted by molar-refractivity contribution is -0.118. The molecule has 4 nitrogen and oxygen atoms in total. The molecule has 0 saturated heterocycles. The summed E-state index contributed by atoms with van der Waals surface area (Å²) >= 11 is 0. The van der Waals surface area contributed by atoms with Gasteiger partial charge in [-0.2, -0.15) is 0 Å². The molecule has 0 aliphatic rings. The molecule has 1 heterocycles. The monoisotopic (exact) mass is 246 g/mol. The zero-order valence-electron chi connectivity index (χ0n) is 10.6. The van der Waals surface area contributed by atoms with Crippen molar-refractivity contribution < 1.29 is 13.9 Å². The summed E-state index contributed by atoms with van der Waals surface area (Å²) in [6.07, 6.45) is 0. The van der Waals surface area contributed by atoms with Crippen LogP contribution < -0.4 is 10.4 Å². The van der Waals surface area contributed by atoms with Crippen molar-refractivity contribution in [3.05, 3.63) is 39.7 Å². The van der Waals surface area contributed by atoms with Crippen LogP contribution in [0.2, 0.25) is 0 Å². The Balaban J connectivity index is 2.64. The van der Waals surface area contributed by atoms with Crippen molar-refractivity contribution in [1.29, 1.82) is 0 Å². The maximum absolute atomic E-state index is 11.3. The lowest BCUT2D eigenvalue weighted by Crippen LogP contribution is -2.08. The Morgan fingerprint density at radius 1 is 1.28 bits per heavy atom. The summed E-state index contributed by atoms with van der Waals surface area (Å²) in [5.41, 5.74) is 1.79. The van der Waals surface area contributed by atoms with Gasteiger partial charge < -0.3 is 9.15 Å². The maximum atomic E-state index is 11.3. The predicted molar refractivity (Wildman–Crippen MR) is 68.1 cm³/mol. The van der Waals surface area contributed by atoms with Crippen LogP contribution in [0.15, 0.2) is 27.4 Å². The fourth-order valence-electron chi connectivity index (χ4n) is 1.87. The number of aryl methyl sites for hydroxylation is 2. The fourth-order valence-corrected chi connectivity index (χ4v) is 1.87. The molecule has 2 rings (SSSR count). The zero-order valence-corrected chi connectivity index (χ0v) is 10.6. The Labute approximate surface area is 104 Å². The van der Waals surface area contributed by atoms with E-state index in [9.17, 15) is 9.59 Å². The van der Waals surface area contributed by atoms with E-state index in [-0.39, 0.29) is 18.0 Å². The molecule has 0 fully saturated rings. The van der Waals surface area contributed by atoms with Crippen molar-refractivity contribution in [1.82, 2.24) is 0 Å². The van der Waals surface area contributed by atoms with E-state index in [2.05, 4.69) is 0 Å². The van der Waals surface area contributed by atoms with Gasteiger partial charge in [-0.1, -0.05) is 0 Å². The zero-order chi connectivity index (χ0) is 13.3. The second-order valence-corrected chi connectivity index (χ2v) is 4.38. The molecule has 2 aromatic rings. The molecule has 1 aromatic heterocycles. The molecule has 0 unspecified atom stereocenters. The van der Waals surface area contributed by atoms with Crippen molar-refractivity contribution in [3.63, 3.8) is 0 Å². The van der Waals surface area contributed by atoms with Crippen molar-refractivity contribution >= 4 is 16.8 Å². The third-order valence-electron chi connectivity index (χ3n) is 2.58. The van der Waals surface area contributed by atoms with Gasteiger partial charge in [0.25, 0.3) is 0 Å². The van der Waals surface area contributed by atoms with Crippen molar-refractivity contribution in [3.8, 4) is 5.75 Å².